The first-order chi connectivity index (χ1) is 9.06. The minimum atomic E-state index is -1.44. The van der Waals surface area contributed by atoms with Gasteiger partial charge in [-0.15, -0.1) is 0 Å². The van der Waals surface area contributed by atoms with E-state index in [9.17, 15) is 0 Å². The van der Waals surface area contributed by atoms with Crippen molar-refractivity contribution in [2.24, 2.45) is 0 Å². The lowest BCUT2D eigenvalue weighted by atomic mass is 9.79. The Balaban J connectivity index is 2.07. The first kappa shape index (κ1) is 13.7. The van der Waals surface area contributed by atoms with E-state index in [0.29, 0.717) is 12.1 Å². The van der Waals surface area contributed by atoms with Crippen molar-refractivity contribution in [1.82, 2.24) is 0 Å². The summed E-state index contributed by atoms with van der Waals surface area (Å²) in [4.78, 5) is 0. The van der Waals surface area contributed by atoms with Crippen molar-refractivity contribution >= 4 is 12.6 Å². The number of ether oxygens (including phenoxy) is 1. The van der Waals surface area contributed by atoms with E-state index >= 15 is 0 Å². The van der Waals surface area contributed by atoms with Crippen LogP contribution in [0.25, 0.3) is 0 Å². The monoisotopic (exact) mass is 256 g/mol. The first-order valence-electron chi connectivity index (χ1n) is 6.21. The molecule has 2 rings (SSSR count). The summed E-state index contributed by atoms with van der Waals surface area (Å²) in [6.07, 6.45) is 0. The molecule has 0 unspecified atom stereocenters. The average Bonchev–Trinajstić information content (AvgIpc) is 2.37. The summed E-state index contributed by atoms with van der Waals surface area (Å²) in [5.41, 5.74) is 3.68. The van der Waals surface area contributed by atoms with Gasteiger partial charge in [0.2, 0.25) is 0 Å². The van der Waals surface area contributed by atoms with Crippen molar-refractivity contribution in [2.75, 3.05) is 0 Å². The zero-order valence-electron chi connectivity index (χ0n) is 11.1. The Morgan fingerprint density at radius 3 is 2.47 bits per heavy atom. The summed E-state index contributed by atoms with van der Waals surface area (Å²) >= 11 is 0. The number of hydrogen-bond donors (Lipinski definition) is 2. The van der Waals surface area contributed by atoms with E-state index in [4.69, 9.17) is 14.8 Å². The van der Waals surface area contributed by atoms with Crippen molar-refractivity contribution < 1.29 is 14.8 Å². The molecule has 4 heteroatoms. The summed E-state index contributed by atoms with van der Waals surface area (Å²) in [6.45, 7) is 4.44. The molecule has 0 bridgehead atoms. The highest BCUT2D eigenvalue weighted by Gasteiger charge is 2.12. The molecule has 0 radical (unpaired) electrons. The van der Waals surface area contributed by atoms with Gasteiger partial charge in [0.05, 0.1) is 0 Å². The molecule has 0 saturated heterocycles. The molecule has 2 N–H and O–H groups in total. The zero-order valence-corrected chi connectivity index (χ0v) is 11.1. The van der Waals surface area contributed by atoms with Crippen LogP contribution in [0.5, 0.6) is 5.75 Å². The molecular weight excluding hydrogens is 239 g/mol. The SMILES string of the molecule is Cc1cccc(COc2ccc(B(O)O)cc2C)c1. The maximum atomic E-state index is 9.09. The summed E-state index contributed by atoms with van der Waals surface area (Å²) < 4.78 is 5.75. The Morgan fingerprint density at radius 2 is 1.84 bits per heavy atom. The molecule has 2 aromatic rings. The fraction of sp³-hybridized carbons (Fsp3) is 0.200. The van der Waals surface area contributed by atoms with Crippen LogP contribution in [0.4, 0.5) is 0 Å². The van der Waals surface area contributed by atoms with Gasteiger partial charge < -0.3 is 14.8 Å². The molecule has 0 aliphatic carbocycles. The van der Waals surface area contributed by atoms with Gasteiger partial charge in [-0.05, 0) is 36.5 Å². The van der Waals surface area contributed by atoms with E-state index in [-0.39, 0.29) is 0 Å². The quantitative estimate of drug-likeness (QED) is 0.816. The third-order valence-electron chi connectivity index (χ3n) is 2.97. The smallest absolute Gasteiger partial charge is 0.488 e. The topological polar surface area (TPSA) is 49.7 Å². The molecule has 0 aliphatic rings. The van der Waals surface area contributed by atoms with E-state index in [0.717, 1.165) is 16.9 Å². The van der Waals surface area contributed by atoms with Crippen LogP contribution in [-0.4, -0.2) is 17.2 Å². The van der Waals surface area contributed by atoms with E-state index in [1.165, 1.54) is 5.56 Å². The lowest BCUT2D eigenvalue weighted by molar-refractivity contribution is 0.304. The van der Waals surface area contributed by atoms with Gasteiger partial charge in [-0.25, -0.2) is 0 Å². The predicted molar refractivity (Wildman–Crippen MR) is 76.5 cm³/mol. The molecular formula is C15H17BO3. The van der Waals surface area contributed by atoms with Gasteiger partial charge in [0.25, 0.3) is 0 Å². The lowest BCUT2D eigenvalue weighted by Gasteiger charge is -2.11. The molecule has 0 spiro atoms. The summed E-state index contributed by atoms with van der Waals surface area (Å²) in [6, 6.07) is 13.3. The summed E-state index contributed by atoms with van der Waals surface area (Å²) in [7, 11) is -1.44. The maximum Gasteiger partial charge on any atom is 0.488 e. The molecule has 98 valence electrons. The largest absolute Gasteiger partial charge is 0.489 e. The average molecular weight is 256 g/mol. The molecule has 0 atom stereocenters. The molecule has 2 aromatic carbocycles. The van der Waals surface area contributed by atoms with Gasteiger partial charge >= 0.3 is 7.12 Å². The van der Waals surface area contributed by atoms with Crippen molar-refractivity contribution in [3.05, 3.63) is 59.2 Å². The van der Waals surface area contributed by atoms with Crippen molar-refractivity contribution in [3.8, 4) is 5.75 Å². The Kier molecular flexibility index (Phi) is 4.25. The third-order valence-corrected chi connectivity index (χ3v) is 2.97. The highest BCUT2D eigenvalue weighted by molar-refractivity contribution is 6.58. The minimum absolute atomic E-state index is 0.473. The van der Waals surface area contributed by atoms with Gasteiger partial charge in [0, 0.05) is 0 Å². The van der Waals surface area contributed by atoms with Gasteiger partial charge in [-0.1, -0.05) is 42.0 Å². The van der Waals surface area contributed by atoms with Crippen LogP contribution < -0.4 is 10.2 Å². The fourth-order valence-electron chi connectivity index (χ4n) is 1.96. The Morgan fingerprint density at radius 1 is 1.05 bits per heavy atom. The maximum absolute atomic E-state index is 9.09. The van der Waals surface area contributed by atoms with Crippen LogP contribution in [0, 0.1) is 13.8 Å². The van der Waals surface area contributed by atoms with Crippen molar-refractivity contribution in [1.29, 1.82) is 0 Å². The van der Waals surface area contributed by atoms with E-state index in [2.05, 4.69) is 6.07 Å². The standard InChI is InChI=1S/C15H17BO3/c1-11-4-3-5-13(8-11)10-19-15-7-6-14(16(17)18)9-12(15)2/h3-9,17-18H,10H2,1-2H3. The van der Waals surface area contributed by atoms with E-state index < -0.39 is 7.12 Å². The lowest BCUT2D eigenvalue weighted by Crippen LogP contribution is -2.29. The van der Waals surface area contributed by atoms with E-state index in [1.54, 1.807) is 18.2 Å². The second kappa shape index (κ2) is 5.91. The molecule has 0 saturated carbocycles. The number of rotatable bonds is 4. The Bertz CT molecular complexity index is 567. The first-order valence-corrected chi connectivity index (χ1v) is 6.21. The number of hydrogen-bond acceptors (Lipinski definition) is 3. The molecule has 0 amide bonds. The van der Waals surface area contributed by atoms with Crippen LogP contribution in [0.1, 0.15) is 16.7 Å². The van der Waals surface area contributed by atoms with Crippen LogP contribution >= 0.6 is 0 Å². The number of aryl methyl sites for hydroxylation is 2. The molecule has 0 aromatic heterocycles. The van der Waals surface area contributed by atoms with Gasteiger partial charge in [0.1, 0.15) is 12.4 Å². The molecule has 3 nitrogen and oxygen atoms in total. The van der Waals surface area contributed by atoms with E-state index in [1.807, 2.05) is 32.0 Å². The second-order valence-electron chi connectivity index (χ2n) is 4.68. The van der Waals surface area contributed by atoms with Crippen LogP contribution in [-0.2, 0) is 6.61 Å². The molecule has 19 heavy (non-hydrogen) atoms. The summed E-state index contributed by atoms with van der Waals surface area (Å²) in [5, 5.41) is 18.2. The van der Waals surface area contributed by atoms with Crippen LogP contribution in [0.15, 0.2) is 42.5 Å². The third kappa shape index (κ3) is 3.59. The second-order valence-corrected chi connectivity index (χ2v) is 4.68. The van der Waals surface area contributed by atoms with Crippen molar-refractivity contribution in [2.45, 2.75) is 20.5 Å². The van der Waals surface area contributed by atoms with Gasteiger partial charge in [0.15, 0.2) is 0 Å². The zero-order chi connectivity index (χ0) is 13.8. The van der Waals surface area contributed by atoms with Crippen LogP contribution in [0.2, 0.25) is 0 Å². The Labute approximate surface area is 113 Å². The van der Waals surface area contributed by atoms with Gasteiger partial charge in [-0.2, -0.15) is 0 Å². The highest BCUT2D eigenvalue weighted by atomic mass is 16.5. The highest BCUT2D eigenvalue weighted by Crippen LogP contribution is 2.17. The molecule has 0 heterocycles. The normalized spacial score (nSPS) is 10.3. The molecule has 0 fully saturated rings. The Hall–Kier alpha value is -1.78. The minimum Gasteiger partial charge on any atom is -0.489 e. The van der Waals surface area contributed by atoms with Crippen LogP contribution in [0.3, 0.4) is 0 Å². The number of benzene rings is 2. The van der Waals surface area contributed by atoms with Gasteiger partial charge in [-0.3, -0.25) is 0 Å². The fourth-order valence-corrected chi connectivity index (χ4v) is 1.96. The van der Waals surface area contributed by atoms with Crippen molar-refractivity contribution in [3.63, 3.8) is 0 Å². The molecule has 0 aliphatic heterocycles. The summed E-state index contributed by atoms with van der Waals surface area (Å²) in [5.74, 6) is 0.755. The predicted octanol–water partition coefficient (Wildman–Crippen LogP) is 1.56.